The molecule has 2 aliphatic rings. The topological polar surface area (TPSA) is 35.9 Å². The first-order chi connectivity index (χ1) is 14.1. The Hall–Kier alpha value is -1.95. The van der Waals surface area contributed by atoms with Crippen molar-refractivity contribution in [3.05, 3.63) is 65.5 Å². The van der Waals surface area contributed by atoms with Gasteiger partial charge in [0.1, 0.15) is 0 Å². The van der Waals surface area contributed by atoms with E-state index < -0.39 is 0 Å². The number of likely N-dealkylation sites (tertiary alicyclic amines) is 2. The molecule has 1 N–H and O–H groups in total. The zero-order chi connectivity index (χ0) is 20.3. The van der Waals surface area contributed by atoms with Gasteiger partial charge in [-0.2, -0.15) is 0 Å². The lowest BCUT2D eigenvalue weighted by atomic mass is 9.76. The fourth-order valence-corrected chi connectivity index (χ4v) is 5.29. The maximum atomic E-state index is 13.7. The summed E-state index contributed by atoms with van der Waals surface area (Å²) in [7, 11) is 1.51. The Morgan fingerprint density at radius 1 is 1.07 bits per heavy atom. The van der Waals surface area contributed by atoms with Gasteiger partial charge in [-0.25, -0.2) is 4.39 Å². The third-order valence-corrected chi connectivity index (χ3v) is 6.69. The Morgan fingerprint density at radius 3 is 2.59 bits per heavy atom. The number of methoxy groups -OCH3 is 1. The molecule has 29 heavy (non-hydrogen) atoms. The van der Waals surface area contributed by atoms with E-state index in [2.05, 4.69) is 40.1 Å². The minimum Gasteiger partial charge on any atom is -0.494 e. The third kappa shape index (κ3) is 4.47. The number of aryl methyl sites for hydroxylation is 1. The summed E-state index contributed by atoms with van der Waals surface area (Å²) in [5, 5.41) is 9.41. The molecule has 4 nitrogen and oxygen atoms in total. The minimum atomic E-state index is -0.312. The summed E-state index contributed by atoms with van der Waals surface area (Å²) in [6, 6.07) is 15.9. The molecule has 0 aromatic heterocycles. The quantitative estimate of drug-likeness (QED) is 0.741. The van der Waals surface area contributed by atoms with Gasteiger partial charge in [-0.05, 0) is 42.0 Å². The maximum absolute atomic E-state index is 13.7. The van der Waals surface area contributed by atoms with Crippen molar-refractivity contribution in [2.45, 2.75) is 19.4 Å². The number of aliphatic hydroxyl groups is 1. The maximum Gasteiger partial charge on any atom is 0.165 e. The highest BCUT2D eigenvalue weighted by atomic mass is 19.1. The van der Waals surface area contributed by atoms with Gasteiger partial charge in [0.15, 0.2) is 11.6 Å². The van der Waals surface area contributed by atoms with Crippen LogP contribution in [0.15, 0.2) is 48.5 Å². The number of rotatable bonds is 8. The number of fused-ring (bicyclic) bond motifs is 1. The molecule has 4 rings (SSSR count). The van der Waals surface area contributed by atoms with Gasteiger partial charge < -0.3 is 14.7 Å². The van der Waals surface area contributed by atoms with Crippen LogP contribution in [0.25, 0.3) is 0 Å². The number of halogens is 1. The fraction of sp³-hybridized carbons (Fsp3) is 0.500. The van der Waals surface area contributed by atoms with Crippen LogP contribution in [0.1, 0.15) is 17.5 Å². The van der Waals surface area contributed by atoms with E-state index in [1.807, 2.05) is 12.1 Å². The van der Waals surface area contributed by atoms with Crippen LogP contribution in [0.2, 0.25) is 0 Å². The smallest absolute Gasteiger partial charge is 0.165 e. The zero-order valence-corrected chi connectivity index (χ0v) is 17.2. The number of nitrogens with zero attached hydrogens (tertiary/aromatic N) is 2. The van der Waals surface area contributed by atoms with Crippen molar-refractivity contribution in [3.8, 4) is 5.75 Å². The van der Waals surface area contributed by atoms with Gasteiger partial charge in [0.25, 0.3) is 0 Å². The van der Waals surface area contributed by atoms with E-state index >= 15 is 0 Å². The van der Waals surface area contributed by atoms with Gasteiger partial charge in [-0.3, -0.25) is 4.90 Å². The number of hydrogen-bond donors (Lipinski definition) is 1. The molecule has 0 radical (unpaired) electrons. The van der Waals surface area contributed by atoms with Crippen molar-refractivity contribution in [2.24, 2.45) is 11.3 Å². The SMILES string of the molecule is COc1cc(CN2CC3CN(CCO)CC3(CCc3ccccc3)C2)ccc1F. The number of benzene rings is 2. The lowest BCUT2D eigenvalue weighted by molar-refractivity contribution is 0.173. The molecule has 0 bridgehead atoms. The summed E-state index contributed by atoms with van der Waals surface area (Å²) in [6.07, 6.45) is 2.25. The van der Waals surface area contributed by atoms with E-state index in [1.165, 1.54) is 18.7 Å². The average molecular weight is 399 g/mol. The third-order valence-electron chi connectivity index (χ3n) is 6.69. The molecule has 0 amide bonds. The van der Waals surface area contributed by atoms with E-state index in [0.717, 1.165) is 57.7 Å². The first kappa shape index (κ1) is 20.3. The Kier molecular flexibility index (Phi) is 6.18. The monoisotopic (exact) mass is 398 g/mol. The van der Waals surface area contributed by atoms with Crippen LogP contribution in [0.4, 0.5) is 4.39 Å². The van der Waals surface area contributed by atoms with E-state index in [4.69, 9.17) is 4.74 Å². The van der Waals surface area contributed by atoms with Crippen molar-refractivity contribution < 1.29 is 14.2 Å². The number of hydrogen-bond acceptors (Lipinski definition) is 4. The predicted molar refractivity (Wildman–Crippen MR) is 112 cm³/mol. The number of aliphatic hydroxyl groups excluding tert-OH is 1. The Morgan fingerprint density at radius 2 is 1.83 bits per heavy atom. The standard InChI is InChI=1S/C24H31FN2O2/c1-29-23-13-20(7-8-22(23)25)14-27-16-21-15-26(11-12-28)17-24(21,18-27)10-9-19-5-3-2-4-6-19/h2-8,13,21,28H,9-12,14-18H2,1H3. The molecular formula is C24H31FN2O2. The number of ether oxygens (including phenoxy) is 1. The molecule has 0 spiro atoms. The average Bonchev–Trinajstić information content (AvgIpc) is 3.22. The molecule has 156 valence electrons. The molecule has 2 aromatic rings. The second kappa shape index (κ2) is 8.82. The van der Waals surface area contributed by atoms with E-state index in [-0.39, 0.29) is 17.8 Å². The van der Waals surface area contributed by atoms with Gasteiger partial charge in [-0.15, -0.1) is 0 Å². The molecule has 5 heteroatoms. The second-order valence-electron chi connectivity index (χ2n) is 8.64. The summed E-state index contributed by atoms with van der Waals surface area (Å²) in [6.45, 7) is 6.01. The summed E-state index contributed by atoms with van der Waals surface area (Å²) in [4.78, 5) is 4.94. The van der Waals surface area contributed by atoms with Crippen LogP contribution < -0.4 is 4.74 Å². The van der Waals surface area contributed by atoms with E-state index in [0.29, 0.717) is 11.7 Å². The van der Waals surface area contributed by atoms with Crippen LogP contribution in [0, 0.1) is 17.2 Å². The molecule has 2 aromatic carbocycles. The second-order valence-corrected chi connectivity index (χ2v) is 8.64. The molecule has 2 saturated heterocycles. The Balaban J connectivity index is 1.46. The van der Waals surface area contributed by atoms with Crippen LogP contribution in [-0.4, -0.2) is 61.3 Å². The van der Waals surface area contributed by atoms with Crippen molar-refractivity contribution >= 4 is 0 Å². The Labute approximate surface area is 172 Å². The molecule has 2 heterocycles. The van der Waals surface area contributed by atoms with Crippen molar-refractivity contribution in [1.29, 1.82) is 0 Å². The normalized spacial score (nSPS) is 24.7. The zero-order valence-electron chi connectivity index (χ0n) is 17.2. The van der Waals surface area contributed by atoms with Crippen molar-refractivity contribution in [1.82, 2.24) is 9.80 Å². The molecule has 2 fully saturated rings. The first-order valence-electron chi connectivity index (χ1n) is 10.5. The molecule has 2 atom stereocenters. The number of β-amino-alcohol motifs (C(OH)–C–C–N with tert-alkyl or cyclic N) is 1. The summed E-state index contributed by atoms with van der Waals surface area (Å²) >= 11 is 0. The van der Waals surface area contributed by atoms with Crippen LogP contribution >= 0.6 is 0 Å². The predicted octanol–water partition coefficient (Wildman–Crippen LogP) is 3.19. The highest BCUT2D eigenvalue weighted by Crippen LogP contribution is 2.46. The molecule has 2 unspecified atom stereocenters. The van der Waals surface area contributed by atoms with Crippen LogP contribution in [-0.2, 0) is 13.0 Å². The van der Waals surface area contributed by atoms with Crippen LogP contribution in [0.3, 0.4) is 0 Å². The van der Waals surface area contributed by atoms with Crippen molar-refractivity contribution in [3.63, 3.8) is 0 Å². The van der Waals surface area contributed by atoms with Gasteiger partial charge >= 0.3 is 0 Å². The molecular weight excluding hydrogens is 367 g/mol. The molecule has 0 aliphatic carbocycles. The van der Waals surface area contributed by atoms with Gasteiger partial charge in [0, 0.05) is 44.7 Å². The highest BCUT2D eigenvalue weighted by molar-refractivity contribution is 5.30. The van der Waals surface area contributed by atoms with Crippen LogP contribution in [0.5, 0.6) is 5.75 Å². The minimum absolute atomic E-state index is 0.223. The first-order valence-corrected chi connectivity index (χ1v) is 10.5. The van der Waals surface area contributed by atoms with Crippen molar-refractivity contribution in [2.75, 3.05) is 46.4 Å². The van der Waals surface area contributed by atoms with Gasteiger partial charge in [0.2, 0.25) is 0 Å². The largest absolute Gasteiger partial charge is 0.494 e. The van der Waals surface area contributed by atoms with E-state index in [1.54, 1.807) is 0 Å². The lowest BCUT2D eigenvalue weighted by Crippen LogP contribution is -2.35. The summed E-state index contributed by atoms with van der Waals surface area (Å²) < 4.78 is 18.9. The fourth-order valence-electron chi connectivity index (χ4n) is 5.29. The molecule has 0 saturated carbocycles. The van der Waals surface area contributed by atoms with E-state index in [9.17, 15) is 9.50 Å². The summed E-state index contributed by atoms with van der Waals surface area (Å²) in [5.74, 6) is 0.614. The molecule has 2 aliphatic heterocycles. The summed E-state index contributed by atoms with van der Waals surface area (Å²) in [5.41, 5.74) is 2.74. The Bertz CT molecular complexity index is 816. The highest BCUT2D eigenvalue weighted by Gasteiger charge is 2.51. The van der Waals surface area contributed by atoms with Gasteiger partial charge in [0.05, 0.1) is 13.7 Å². The lowest BCUT2D eigenvalue weighted by Gasteiger charge is -2.30. The van der Waals surface area contributed by atoms with Gasteiger partial charge in [-0.1, -0.05) is 36.4 Å².